The van der Waals surface area contributed by atoms with Gasteiger partial charge in [-0.05, 0) is 24.1 Å². The largest absolute Gasteiger partial charge is 1.00 e. The number of fused-ring (bicyclic) bond motifs is 1. The molecule has 0 saturated carbocycles. The Labute approximate surface area is 144 Å². The predicted octanol–water partition coefficient (Wildman–Crippen LogP) is 1.38. The van der Waals surface area contributed by atoms with Crippen molar-refractivity contribution in [3.8, 4) is 0 Å². The average Bonchev–Trinajstić information content (AvgIpc) is 2.51. The van der Waals surface area contributed by atoms with Crippen molar-refractivity contribution in [2.75, 3.05) is 0 Å². The average molecular weight is 407 g/mol. The summed E-state index contributed by atoms with van der Waals surface area (Å²) in [5.41, 5.74) is 5.25. The third-order valence-corrected chi connectivity index (χ3v) is 4.32. The first-order valence-electron chi connectivity index (χ1n) is 6.79. The minimum absolute atomic E-state index is 0. The van der Waals surface area contributed by atoms with Crippen LogP contribution >= 0.6 is 15.9 Å². The van der Waals surface area contributed by atoms with E-state index in [0.29, 0.717) is 0 Å². The maximum Gasteiger partial charge on any atom is 0.213 e. The number of halogens is 2. The second-order valence-corrected chi connectivity index (χ2v) is 5.65. The summed E-state index contributed by atoms with van der Waals surface area (Å²) in [6, 6.07) is 19.6. The van der Waals surface area contributed by atoms with Crippen LogP contribution in [-0.4, -0.2) is 0 Å². The number of nitrogens with zero attached hydrogens (tertiary/aromatic N) is 1. The zero-order valence-corrected chi connectivity index (χ0v) is 15.1. The van der Waals surface area contributed by atoms with Gasteiger partial charge in [0.25, 0.3) is 0 Å². The van der Waals surface area contributed by atoms with Crippen molar-refractivity contribution in [3.05, 3.63) is 77.5 Å². The van der Waals surface area contributed by atoms with Gasteiger partial charge in [-0.3, -0.25) is 0 Å². The van der Waals surface area contributed by atoms with Gasteiger partial charge in [0.15, 0.2) is 12.7 Å². The first kappa shape index (κ1) is 16.2. The lowest BCUT2D eigenvalue weighted by Crippen LogP contribution is -3.00. The highest BCUT2D eigenvalue weighted by atomic mass is 79.9. The van der Waals surface area contributed by atoms with Crippen LogP contribution in [0, 0.1) is 6.92 Å². The fraction of sp³-hybridized carbons (Fsp3) is 0.167. The molecule has 3 aromatic rings. The van der Waals surface area contributed by atoms with Crippen LogP contribution in [0.5, 0.6) is 0 Å². The molecule has 1 heterocycles. The zero-order valence-electron chi connectivity index (χ0n) is 11.9. The number of aromatic nitrogens is 1. The van der Waals surface area contributed by atoms with Crippen molar-refractivity contribution in [3.63, 3.8) is 0 Å². The lowest BCUT2D eigenvalue weighted by atomic mass is 10.1. The summed E-state index contributed by atoms with van der Waals surface area (Å²) in [6.07, 6.45) is 2.18. The molecule has 0 atom stereocenters. The van der Waals surface area contributed by atoms with Crippen molar-refractivity contribution in [2.24, 2.45) is 0 Å². The lowest BCUT2D eigenvalue weighted by Gasteiger charge is -2.04. The second kappa shape index (κ2) is 7.19. The third kappa shape index (κ3) is 3.53. The van der Waals surface area contributed by atoms with Gasteiger partial charge in [-0.2, -0.15) is 4.57 Å². The Bertz CT molecular complexity index is 736. The molecule has 0 spiro atoms. The number of aryl methyl sites for hydroxylation is 1. The van der Waals surface area contributed by atoms with Crippen LogP contribution in [0.4, 0.5) is 0 Å². The van der Waals surface area contributed by atoms with Gasteiger partial charge in [-0.15, -0.1) is 0 Å². The molecule has 0 unspecified atom stereocenters. The molecular weight excluding hydrogens is 390 g/mol. The quantitative estimate of drug-likeness (QED) is 0.457. The Morgan fingerprint density at radius 1 is 0.905 bits per heavy atom. The highest BCUT2D eigenvalue weighted by molar-refractivity contribution is 9.08. The fourth-order valence-electron chi connectivity index (χ4n) is 2.50. The summed E-state index contributed by atoms with van der Waals surface area (Å²) in [5, 5.41) is 2.24. The Balaban J connectivity index is 0.00000161. The van der Waals surface area contributed by atoms with E-state index in [2.05, 4.69) is 88.2 Å². The number of rotatable bonds is 3. The van der Waals surface area contributed by atoms with Crippen LogP contribution in [0.1, 0.15) is 16.7 Å². The van der Waals surface area contributed by atoms with Crippen LogP contribution in [0.3, 0.4) is 0 Å². The molecule has 0 amide bonds. The molecule has 0 aliphatic carbocycles. The molecule has 21 heavy (non-hydrogen) atoms. The Morgan fingerprint density at radius 3 is 2.29 bits per heavy atom. The molecule has 108 valence electrons. The molecule has 0 N–H and O–H groups in total. The minimum atomic E-state index is 0. The van der Waals surface area contributed by atoms with E-state index in [-0.39, 0.29) is 17.0 Å². The van der Waals surface area contributed by atoms with Crippen molar-refractivity contribution in [2.45, 2.75) is 18.8 Å². The van der Waals surface area contributed by atoms with Crippen LogP contribution in [0.25, 0.3) is 10.9 Å². The second-order valence-electron chi connectivity index (χ2n) is 5.09. The summed E-state index contributed by atoms with van der Waals surface area (Å²) in [4.78, 5) is 0. The molecule has 1 nitrogen and oxygen atoms in total. The highest BCUT2D eigenvalue weighted by Crippen LogP contribution is 2.15. The number of hydrogen-bond donors (Lipinski definition) is 0. The predicted molar refractivity (Wildman–Crippen MR) is 87.1 cm³/mol. The van der Waals surface area contributed by atoms with Crippen molar-refractivity contribution >= 4 is 26.8 Å². The normalized spacial score (nSPS) is 10.4. The Hall–Kier alpha value is -1.19. The summed E-state index contributed by atoms with van der Waals surface area (Å²) in [5.74, 6) is 0. The minimum Gasteiger partial charge on any atom is -1.00 e. The SMILES string of the molecule is Cc1cc[n+](Cc2ccc(CBr)cc2)c2ccccc12.[Br-]. The molecule has 3 heteroatoms. The molecule has 0 aliphatic heterocycles. The Kier molecular flexibility index (Phi) is 5.54. The molecule has 0 bridgehead atoms. The summed E-state index contributed by atoms with van der Waals surface area (Å²) in [7, 11) is 0. The van der Waals surface area contributed by atoms with Crippen LogP contribution in [0.2, 0.25) is 0 Å². The van der Waals surface area contributed by atoms with E-state index in [4.69, 9.17) is 0 Å². The standard InChI is InChI=1S/C18H17BrN.BrH/c1-14-10-11-20(18-5-3-2-4-17(14)18)13-16-8-6-15(12-19)7-9-16;/h2-11H,12-13H2,1H3;1H/q+1;/p-1. The van der Waals surface area contributed by atoms with Gasteiger partial charge in [-0.25, -0.2) is 0 Å². The van der Waals surface area contributed by atoms with Gasteiger partial charge in [0, 0.05) is 28.4 Å². The molecule has 2 aromatic carbocycles. The molecular formula is C18H17Br2N. The monoisotopic (exact) mass is 405 g/mol. The number of pyridine rings is 1. The Morgan fingerprint density at radius 2 is 1.57 bits per heavy atom. The molecule has 0 aliphatic rings. The summed E-state index contributed by atoms with van der Waals surface area (Å²) < 4.78 is 2.31. The number of benzene rings is 2. The van der Waals surface area contributed by atoms with E-state index >= 15 is 0 Å². The van der Waals surface area contributed by atoms with Gasteiger partial charge >= 0.3 is 0 Å². The van der Waals surface area contributed by atoms with Crippen molar-refractivity contribution in [1.82, 2.24) is 0 Å². The third-order valence-electron chi connectivity index (χ3n) is 3.67. The van der Waals surface area contributed by atoms with Crippen LogP contribution < -0.4 is 21.5 Å². The topological polar surface area (TPSA) is 3.88 Å². The van der Waals surface area contributed by atoms with Gasteiger partial charge in [0.1, 0.15) is 0 Å². The van der Waals surface area contributed by atoms with Gasteiger partial charge in [0.2, 0.25) is 5.52 Å². The first-order valence-corrected chi connectivity index (χ1v) is 7.91. The van der Waals surface area contributed by atoms with E-state index in [0.717, 1.165) is 11.9 Å². The maximum atomic E-state index is 3.48. The van der Waals surface area contributed by atoms with E-state index in [1.54, 1.807) is 0 Å². The fourth-order valence-corrected chi connectivity index (χ4v) is 2.87. The van der Waals surface area contributed by atoms with Gasteiger partial charge in [-0.1, -0.05) is 52.3 Å². The number of para-hydroxylation sites is 1. The molecule has 0 fully saturated rings. The van der Waals surface area contributed by atoms with Crippen molar-refractivity contribution in [1.29, 1.82) is 0 Å². The van der Waals surface area contributed by atoms with E-state index in [9.17, 15) is 0 Å². The van der Waals surface area contributed by atoms with E-state index in [1.165, 1.54) is 27.6 Å². The summed E-state index contributed by atoms with van der Waals surface area (Å²) in [6.45, 7) is 3.07. The van der Waals surface area contributed by atoms with Crippen LogP contribution in [0.15, 0.2) is 60.8 Å². The first-order chi connectivity index (χ1) is 9.78. The van der Waals surface area contributed by atoms with E-state index in [1.807, 2.05) is 0 Å². The molecule has 3 rings (SSSR count). The zero-order chi connectivity index (χ0) is 13.9. The molecule has 1 aromatic heterocycles. The highest BCUT2D eigenvalue weighted by Gasteiger charge is 2.10. The summed E-state index contributed by atoms with van der Waals surface area (Å²) >= 11 is 3.48. The van der Waals surface area contributed by atoms with E-state index < -0.39 is 0 Å². The number of alkyl halides is 1. The smallest absolute Gasteiger partial charge is 0.213 e. The lowest BCUT2D eigenvalue weighted by molar-refractivity contribution is -0.662. The van der Waals surface area contributed by atoms with Gasteiger partial charge < -0.3 is 17.0 Å². The maximum absolute atomic E-state index is 3.48. The van der Waals surface area contributed by atoms with Gasteiger partial charge in [0.05, 0.1) is 0 Å². The molecule has 0 radical (unpaired) electrons. The van der Waals surface area contributed by atoms with Crippen LogP contribution in [-0.2, 0) is 11.9 Å². The molecule has 0 saturated heterocycles. The number of hydrogen-bond acceptors (Lipinski definition) is 0. The van der Waals surface area contributed by atoms with Crippen molar-refractivity contribution < 1.29 is 21.5 Å².